The van der Waals surface area contributed by atoms with Crippen molar-refractivity contribution in [3.63, 3.8) is 0 Å². The van der Waals surface area contributed by atoms with Crippen molar-refractivity contribution in [1.29, 1.82) is 0 Å². The van der Waals surface area contributed by atoms with Crippen molar-refractivity contribution in [2.45, 2.75) is 32.0 Å². The second-order valence-corrected chi connectivity index (χ2v) is 5.18. The van der Waals surface area contributed by atoms with Gasteiger partial charge in [0, 0.05) is 32.2 Å². The number of hydrogen-bond donors (Lipinski definition) is 1. The zero-order valence-corrected chi connectivity index (χ0v) is 11.7. The first kappa shape index (κ1) is 15.3. The third kappa shape index (κ3) is 3.52. The molecular weight excluding hydrogens is 265 g/mol. The van der Waals surface area contributed by atoms with Gasteiger partial charge in [-0.3, -0.25) is 4.90 Å². The molecule has 0 amide bonds. The van der Waals surface area contributed by atoms with E-state index in [1.54, 1.807) is 12.1 Å². The van der Waals surface area contributed by atoms with E-state index in [2.05, 4.69) is 10.2 Å². The first-order chi connectivity index (χ1) is 9.54. The number of alkyl halides is 3. The van der Waals surface area contributed by atoms with Crippen molar-refractivity contribution in [3.05, 3.63) is 35.4 Å². The monoisotopic (exact) mass is 286 g/mol. The van der Waals surface area contributed by atoms with E-state index < -0.39 is 11.7 Å². The lowest BCUT2D eigenvalue weighted by Gasteiger charge is -2.36. The minimum atomic E-state index is -4.28. The van der Waals surface area contributed by atoms with Crippen LogP contribution >= 0.6 is 0 Å². The summed E-state index contributed by atoms with van der Waals surface area (Å²) in [7, 11) is 0. The molecule has 0 radical (unpaired) electrons. The minimum Gasteiger partial charge on any atom is -0.314 e. The number of rotatable bonds is 4. The number of hydrogen-bond acceptors (Lipinski definition) is 2. The highest BCUT2D eigenvalue weighted by atomic mass is 19.4. The normalized spacial score (nSPS) is 19.0. The average Bonchev–Trinajstić information content (AvgIpc) is 2.45. The molecular formula is C15H21F3N2. The molecule has 1 aromatic rings. The van der Waals surface area contributed by atoms with E-state index in [0.29, 0.717) is 5.56 Å². The molecule has 1 aromatic carbocycles. The molecule has 1 atom stereocenters. The molecule has 112 valence electrons. The molecule has 0 bridgehead atoms. The summed E-state index contributed by atoms with van der Waals surface area (Å²) >= 11 is 0. The molecule has 2 rings (SSSR count). The Labute approximate surface area is 118 Å². The Morgan fingerprint density at radius 1 is 1.20 bits per heavy atom. The van der Waals surface area contributed by atoms with Gasteiger partial charge < -0.3 is 5.32 Å². The molecule has 0 aliphatic carbocycles. The summed E-state index contributed by atoms with van der Waals surface area (Å²) in [5.41, 5.74) is -0.0688. The maximum Gasteiger partial charge on any atom is 0.416 e. The van der Waals surface area contributed by atoms with Gasteiger partial charge in [-0.15, -0.1) is 0 Å². The maximum absolute atomic E-state index is 13.2. The van der Waals surface area contributed by atoms with Gasteiger partial charge in [0.1, 0.15) is 0 Å². The van der Waals surface area contributed by atoms with Crippen molar-refractivity contribution < 1.29 is 13.2 Å². The molecule has 20 heavy (non-hydrogen) atoms. The van der Waals surface area contributed by atoms with Crippen LogP contribution in [0.3, 0.4) is 0 Å². The van der Waals surface area contributed by atoms with Crippen LogP contribution in [-0.4, -0.2) is 31.1 Å². The molecule has 1 N–H and O–H groups in total. The Kier molecular flexibility index (Phi) is 5.05. The molecule has 0 spiro atoms. The Hall–Kier alpha value is -1.07. The van der Waals surface area contributed by atoms with Crippen molar-refractivity contribution in [3.8, 4) is 0 Å². The Morgan fingerprint density at radius 2 is 1.85 bits per heavy atom. The molecule has 1 aliphatic heterocycles. The van der Waals surface area contributed by atoms with Gasteiger partial charge in [-0.2, -0.15) is 13.2 Å². The highest BCUT2D eigenvalue weighted by molar-refractivity contribution is 5.32. The third-order valence-electron chi connectivity index (χ3n) is 3.78. The van der Waals surface area contributed by atoms with Crippen molar-refractivity contribution in [2.24, 2.45) is 0 Å². The van der Waals surface area contributed by atoms with Gasteiger partial charge in [-0.25, -0.2) is 0 Å². The molecule has 1 aliphatic rings. The lowest BCUT2D eigenvalue weighted by molar-refractivity contribution is -0.138. The van der Waals surface area contributed by atoms with Crippen molar-refractivity contribution in [1.82, 2.24) is 10.2 Å². The summed E-state index contributed by atoms with van der Waals surface area (Å²) in [4.78, 5) is 2.17. The summed E-state index contributed by atoms with van der Waals surface area (Å²) < 4.78 is 39.6. The lowest BCUT2D eigenvalue weighted by Crippen LogP contribution is -2.45. The Morgan fingerprint density at radius 3 is 2.45 bits per heavy atom. The van der Waals surface area contributed by atoms with Crippen LogP contribution in [0.5, 0.6) is 0 Å². The van der Waals surface area contributed by atoms with Crippen LogP contribution in [-0.2, 0) is 6.18 Å². The van der Waals surface area contributed by atoms with Crippen molar-refractivity contribution >= 4 is 0 Å². The van der Waals surface area contributed by atoms with Crippen LogP contribution in [0.15, 0.2) is 24.3 Å². The molecule has 0 saturated carbocycles. The van der Waals surface area contributed by atoms with Gasteiger partial charge in [0.25, 0.3) is 0 Å². The lowest BCUT2D eigenvalue weighted by atomic mass is 9.94. The van der Waals surface area contributed by atoms with E-state index in [1.807, 2.05) is 6.92 Å². The molecule has 5 heteroatoms. The van der Waals surface area contributed by atoms with Crippen LogP contribution < -0.4 is 5.32 Å². The Balaban J connectivity index is 2.33. The zero-order chi connectivity index (χ0) is 14.6. The summed E-state index contributed by atoms with van der Waals surface area (Å²) in [6.07, 6.45) is -2.65. The van der Waals surface area contributed by atoms with Gasteiger partial charge in [-0.05, 0) is 18.1 Å². The predicted octanol–water partition coefficient (Wildman–Crippen LogP) is 3.45. The van der Waals surface area contributed by atoms with E-state index in [-0.39, 0.29) is 6.04 Å². The molecule has 0 aromatic heterocycles. The van der Waals surface area contributed by atoms with Crippen LogP contribution in [0.1, 0.15) is 36.9 Å². The van der Waals surface area contributed by atoms with Crippen LogP contribution in [0.25, 0.3) is 0 Å². The fourth-order valence-electron chi connectivity index (χ4n) is 2.85. The van der Waals surface area contributed by atoms with Gasteiger partial charge in [0.15, 0.2) is 0 Å². The molecule has 1 fully saturated rings. The first-order valence-electron chi connectivity index (χ1n) is 7.15. The topological polar surface area (TPSA) is 15.3 Å². The average molecular weight is 286 g/mol. The maximum atomic E-state index is 13.2. The van der Waals surface area contributed by atoms with Gasteiger partial charge in [0.05, 0.1) is 5.56 Å². The number of benzene rings is 1. The largest absolute Gasteiger partial charge is 0.416 e. The fourth-order valence-corrected chi connectivity index (χ4v) is 2.85. The number of piperazine rings is 1. The zero-order valence-electron chi connectivity index (χ0n) is 11.7. The first-order valence-corrected chi connectivity index (χ1v) is 7.15. The van der Waals surface area contributed by atoms with E-state index in [9.17, 15) is 13.2 Å². The number of nitrogens with one attached hydrogen (secondary N) is 1. The smallest absolute Gasteiger partial charge is 0.314 e. The number of halogens is 3. The minimum absolute atomic E-state index is 0.139. The summed E-state index contributed by atoms with van der Waals surface area (Å²) in [5.74, 6) is 0. The highest BCUT2D eigenvalue weighted by Crippen LogP contribution is 2.37. The van der Waals surface area contributed by atoms with Gasteiger partial charge >= 0.3 is 6.18 Å². The summed E-state index contributed by atoms with van der Waals surface area (Å²) in [6.45, 7) is 5.31. The highest BCUT2D eigenvalue weighted by Gasteiger charge is 2.36. The standard InChI is InChI=1S/C15H21F3N2/c1-2-5-14(20-10-8-19-9-11-20)12-6-3-4-7-13(12)15(16,17)18/h3-4,6-7,14,19H,2,5,8-11H2,1H3/t14-/m1/s1. The summed E-state index contributed by atoms with van der Waals surface area (Å²) in [6, 6.07) is 5.85. The summed E-state index contributed by atoms with van der Waals surface area (Å²) in [5, 5.41) is 3.24. The van der Waals surface area contributed by atoms with E-state index >= 15 is 0 Å². The molecule has 1 saturated heterocycles. The SMILES string of the molecule is CCC[C@H](c1ccccc1C(F)(F)F)N1CCNCC1. The predicted molar refractivity (Wildman–Crippen MR) is 73.5 cm³/mol. The van der Waals surface area contributed by atoms with E-state index in [4.69, 9.17) is 0 Å². The third-order valence-corrected chi connectivity index (χ3v) is 3.78. The molecule has 0 unspecified atom stereocenters. The van der Waals surface area contributed by atoms with Gasteiger partial charge in [0.2, 0.25) is 0 Å². The molecule has 2 nitrogen and oxygen atoms in total. The second kappa shape index (κ2) is 6.59. The second-order valence-electron chi connectivity index (χ2n) is 5.18. The van der Waals surface area contributed by atoms with Crippen LogP contribution in [0, 0.1) is 0 Å². The molecule has 1 heterocycles. The van der Waals surface area contributed by atoms with Crippen LogP contribution in [0.2, 0.25) is 0 Å². The van der Waals surface area contributed by atoms with Crippen LogP contribution in [0.4, 0.5) is 13.2 Å². The van der Waals surface area contributed by atoms with Crippen molar-refractivity contribution in [2.75, 3.05) is 26.2 Å². The Bertz CT molecular complexity index is 425. The quantitative estimate of drug-likeness (QED) is 0.912. The fraction of sp³-hybridized carbons (Fsp3) is 0.600. The van der Waals surface area contributed by atoms with E-state index in [1.165, 1.54) is 12.1 Å². The van der Waals surface area contributed by atoms with Gasteiger partial charge in [-0.1, -0.05) is 31.5 Å². The number of nitrogens with zero attached hydrogens (tertiary/aromatic N) is 1. The van der Waals surface area contributed by atoms with E-state index in [0.717, 1.165) is 39.0 Å².